The molecular formula is C20H37NO4S. The van der Waals surface area contributed by atoms with E-state index < -0.39 is 10.4 Å². The largest absolute Gasteiger partial charge is 0.726 e. The Hall–Kier alpha value is -0.980. The summed E-state index contributed by atoms with van der Waals surface area (Å²) in [6.07, 6.45) is 18.6. The fourth-order valence-corrected chi connectivity index (χ4v) is 3.01. The van der Waals surface area contributed by atoms with Crippen LogP contribution in [0.1, 0.15) is 83.6 Å². The minimum absolute atomic E-state index is 0.0914. The Morgan fingerprint density at radius 2 is 1.50 bits per heavy atom. The first kappa shape index (κ1) is 25.0. The molecule has 0 saturated heterocycles. The first-order chi connectivity index (χ1) is 12.4. The molecule has 0 bridgehead atoms. The van der Waals surface area contributed by atoms with E-state index in [-0.39, 0.29) is 6.61 Å². The van der Waals surface area contributed by atoms with Gasteiger partial charge in [-0.3, -0.25) is 4.18 Å². The molecule has 0 aliphatic rings. The highest BCUT2D eigenvalue weighted by Gasteiger charge is 1.99. The van der Waals surface area contributed by atoms with Crippen molar-refractivity contribution in [1.82, 2.24) is 0 Å². The SMILES string of the molecule is CCCCCCCCCCCC[n+]1cccc(C)c1.CCOS(=O)(=O)[O-]. The maximum Gasteiger partial charge on any atom is 0.217 e. The van der Waals surface area contributed by atoms with Crippen LogP contribution in [0.3, 0.4) is 0 Å². The molecule has 0 aromatic carbocycles. The molecule has 0 aliphatic carbocycles. The van der Waals surface area contributed by atoms with Crippen molar-refractivity contribution in [3.05, 3.63) is 30.1 Å². The van der Waals surface area contributed by atoms with Gasteiger partial charge in [-0.15, -0.1) is 0 Å². The van der Waals surface area contributed by atoms with E-state index in [1.807, 2.05) is 0 Å². The number of hydrogen-bond acceptors (Lipinski definition) is 4. The predicted octanol–water partition coefficient (Wildman–Crippen LogP) is 4.69. The number of hydrogen-bond donors (Lipinski definition) is 0. The molecule has 1 aromatic rings. The molecule has 1 heterocycles. The van der Waals surface area contributed by atoms with E-state index in [2.05, 4.69) is 47.1 Å². The Kier molecular flexibility index (Phi) is 15.6. The highest BCUT2D eigenvalue weighted by molar-refractivity contribution is 7.80. The van der Waals surface area contributed by atoms with Crippen molar-refractivity contribution >= 4 is 10.4 Å². The standard InChI is InChI=1S/C18H32N.C2H6O4S/c1-3-4-5-6-7-8-9-10-11-12-15-19-16-13-14-18(2)17-19;1-2-6-7(3,4)5/h13-14,16-17H,3-12,15H2,1-2H3;2H2,1H3,(H,3,4,5)/q+1;/p-1. The van der Waals surface area contributed by atoms with Crippen LogP contribution in [-0.4, -0.2) is 19.6 Å². The van der Waals surface area contributed by atoms with E-state index in [0.29, 0.717) is 0 Å². The van der Waals surface area contributed by atoms with Crippen LogP contribution >= 0.6 is 0 Å². The normalized spacial score (nSPS) is 11.1. The third-order valence-corrected chi connectivity index (χ3v) is 4.56. The molecule has 1 aromatic heterocycles. The lowest BCUT2D eigenvalue weighted by Gasteiger charge is -2.02. The van der Waals surface area contributed by atoms with Gasteiger partial charge >= 0.3 is 0 Å². The summed E-state index contributed by atoms with van der Waals surface area (Å²) in [5.74, 6) is 0. The molecule has 0 unspecified atom stereocenters. The van der Waals surface area contributed by atoms with Crippen LogP contribution in [0.5, 0.6) is 0 Å². The van der Waals surface area contributed by atoms with Crippen molar-refractivity contribution in [2.75, 3.05) is 6.61 Å². The molecule has 0 N–H and O–H groups in total. The van der Waals surface area contributed by atoms with Crippen LogP contribution < -0.4 is 4.57 Å². The van der Waals surface area contributed by atoms with Crippen LogP contribution in [-0.2, 0) is 21.1 Å². The molecule has 26 heavy (non-hydrogen) atoms. The van der Waals surface area contributed by atoms with E-state index in [0.717, 1.165) is 0 Å². The third kappa shape index (κ3) is 17.8. The number of aryl methyl sites for hydroxylation is 2. The first-order valence-corrected chi connectivity index (χ1v) is 11.3. The molecule has 152 valence electrons. The first-order valence-electron chi connectivity index (χ1n) is 9.95. The summed E-state index contributed by atoms with van der Waals surface area (Å²) in [4.78, 5) is 0. The minimum atomic E-state index is -4.42. The molecule has 1 rings (SSSR count). The zero-order valence-electron chi connectivity index (χ0n) is 16.8. The van der Waals surface area contributed by atoms with Gasteiger partial charge in [-0.2, -0.15) is 0 Å². The molecule has 0 saturated carbocycles. The molecule has 5 nitrogen and oxygen atoms in total. The second kappa shape index (κ2) is 16.2. The van der Waals surface area contributed by atoms with E-state index in [4.69, 9.17) is 0 Å². The highest BCUT2D eigenvalue weighted by Crippen LogP contribution is 2.10. The predicted molar refractivity (Wildman–Crippen MR) is 105 cm³/mol. The second-order valence-corrected chi connectivity index (χ2v) is 7.67. The van der Waals surface area contributed by atoms with Gasteiger partial charge in [0.05, 0.1) is 6.61 Å². The smallest absolute Gasteiger partial charge is 0.217 e. The topological polar surface area (TPSA) is 70.3 Å². The number of nitrogens with zero attached hydrogens (tertiary/aromatic N) is 1. The average molecular weight is 388 g/mol. The molecule has 0 aliphatic heterocycles. The summed E-state index contributed by atoms with van der Waals surface area (Å²) < 4.78 is 34.3. The van der Waals surface area contributed by atoms with E-state index in [9.17, 15) is 13.0 Å². The average Bonchev–Trinajstić information content (AvgIpc) is 2.56. The van der Waals surface area contributed by atoms with Crippen molar-refractivity contribution in [2.24, 2.45) is 0 Å². The Morgan fingerprint density at radius 1 is 0.962 bits per heavy atom. The Morgan fingerprint density at radius 3 is 1.92 bits per heavy atom. The molecule has 6 heteroatoms. The van der Waals surface area contributed by atoms with Crippen LogP contribution in [0, 0.1) is 6.92 Å². The summed E-state index contributed by atoms with van der Waals surface area (Å²) in [6.45, 7) is 6.96. The minimum Gasteiger partial charge on any atom is -0.726 e. The van der Waals surface area contributed by atoms with Crippen molar-refractivity contribution in [3.63, 3.8) is 0 Å². The number of pyridine rings is 1. The van der Waals surface area contributed by atoms with Crippen molar-refractivity contribution in [1.29, 1.82) is 0 Å². The number of rotatable bonds is 13. The second-order valence-electron chi connectivity index (χ2n) is 6.62. The van der Waals surface area contributed by atoms with Gasteiger partial charge in [-0.05, 0) is 26.3 Å². The Bertz CT molecular complexity index is 546. The molecule has 0 spiro atoms. The Labute approximate surface area is 160 Å². The van der Waals surface area contributed by atoms with Crippen molar-refractivity contribution < 1.29 is 21.7 Å². The molecular weight excluding hydrogens is 350 g/mol. The fourth-order valence-electron chi connectivity index (χ4n) is 2.72. The molecule has 0 amide bonds. The summed E-state index contributed by atoms with van der Waals surface area (Å²) >= 11 is 0. The van der Waals surface area contributed by atoms with Gasteiger partial charge in [0.1, 0.15) is 6.54 Å². The van der Waals surface area contributed by atoms with Crippen LogP contribution in [0.4, 0.5) is 0 Å². The van der Waals surface area contributed by atoms with Gasteiger partial charge in [0.2, 0.25) is 10.4 Å². The van der Waals surface area contributed by atoms with Gasteiger partial charge < -0.3 is 4.55 Å². The van der Waals surface area contributed by atoms with Gasteiger partial charge in [0, 0.05) is 18.1 Å². The molecule has 0 atom stereocenters. The molecule has 0 fully saturated rings. The fraction of sp³-hybridized carbons (Fsp3) is 0.750. The number of unbranched alkanes of at least 4 members (excludes halogenated alkanes) is 9. The summed E-state index contributed by atoms with van der Waals surface area (Å²) in [5.41, 5.74) is 1.36. The lowest BCUT2D eigenvalue weighted by Crippen LogP contribution is -2.32. The van der Waals surface area contributed by atoms with Crippen molar-refractivity contribution in [3.8, 4) is 0 Å². The van der Waals surface area contributed by atoms with Gasteiger partial charge in [-0.1, -0.05) is 58.3 Å². The van der Waals surface area contributed by atoms with Gasteiger partial charge in [0.25, 0.3) is 0 Å². The zero-order chi connectivity index (χ0) is 19.7. The van der Waals surface area contributed by atoms with Crippen LogP contribution in [0.2, 0.25) is 0 Å². The van der Waals surface area contributed by atoms with E-state index >= 15 is 0 Å². The maximum atomic E-state index is 9.45. The van der Waals surface area contributed by atoms with Crippen LogP contribution in [0.15, 0.2) is 24.5 Å². The summed E-state index contributed by atoms with van der Waals surface area (Å²) in [5, 5.41) is 0. The zero-order valence-corrected chi connectivity index (χ0v) is 17.6. The van der Waals surface area contributed by atoms with Gasteiger partial charge in [0.15, 0.2) is 12.4 Å². The molecule has 0 radical (unpaired) electrons. The number of aromatic nitrogens is 1. The van der Waals surface area contributed by atoms with Crippen LogP contribution in [0.25, 0.3) is 0 Å². The lowest BCUT2D eigenvalue weighted by atomic mass is 10.1. The summed E-state index contributed by atoms with van der Waals surface area (Å²) in [6, 6.07) is 4.31. The quantitative estimate of drug-likeness (QED) is 0.213. The van der Waals surface area contributed by atoms with Crippen molar-refractivity contribution in [2.45, 2.75) is 91.5 Å². The highest BCUT2D eigenvalue weighted by atomic mass is 32.3. The lowest BCUT2D eigenvalue weighted by molar-refractivity contribution is -0.697. The van der Waals surface area contributed by atoms with E-state index in [1.165, 1.54) is 83.2 Å². The summed E-state index contributed by atoms with van der Waals surface area (Å²) in [7, 11) is -4.42. The van der Waals surface area contributed by atoms with E-state index in [1.54, 1.807) is 0 Å². The van der Waals surface area contributed by atoms with Gasteiger partial charge in [-0.25, -0.2) is 13.0 Å². The maximum absolute atomic E-state index is 9.45. The Balaban J connectivity index is 0.000000758. The third-order valence-electron chi connectivity index (χ3n) is 4.04. The monoisotopic (exact) mass is 387 g/mol.